The van der Waals surface area contributed by atoms with Crippen molar-refractivity contribution in [3.63, 3.8) is 0 Å². The summed E-state index contributed by atoms with van der Waals surface area (Å²) in [7, 11) is 0. The van der Waals surface area contributed by atoms with E-state index in [2.05, 4.69) is 17.0 Å². The molecule has 2 amide bonds. The lowest BCUT2D eigenvalue weighted by molar-refractivity contribution is -0.215. The number of carbonyl (C=O) groups is 4. The highest BCUT2D eigenvalue weighted by atomic mass is 32.2. The van der Waals surface area contributed by atoms with E-state index in [-0.39, 0.29) is 46.6 Å². The summed E-state index contributed by atoms with van der Waals surface area (Å²) in [4.78, 5) is 51.4. The van der Waals surface area contributed by atoms with Gasteiger partial charge in [0.25, 0.3) is 6.47 Å². The van der Waals surface area contributed by atoms with Gasteiger partial charge in [0.1, 0.15) is 11.1 Å². The Balaban J connectivity index is 1.72. The van der Waals surface area contributed by atoms with E-state index < -0.39 is 24.3 Å². The summed E-state index contributed by atoms with van der Waals surface area (Å²) in [6.07, 6.45) is 4.25. The number of nitrogens with zero attached hydrogens (tertiary/aromatic N) is 1. The second-order valence-electron chi connectivity index (χ2n) is 9.85. The van der Waals surface area contributed by atoms with Crippen LogP contribution in [0.2, 0.25) is 0 Å². The van der Waals surface area contributed by atoms with Crippen LogP contribution in [0.25, 0.3) is 0 Å². The topological polar surface area (TPSA) is 122 Å². The zero-order valence-electron chi connectivity index (χ0n) is 19.3. The highest BCUT2D eigenvalue weighted by Gasteiger charge is 2.75. The van der Waals surface area contributed by atoms with Crippen molar-refractivity contribution in [2.24, 2.45) is 16.7 Å². The van der Waals surface area contributed by atoms with Gasteiger partial charge in [0, 0.05) is 29.0 Å². The predicted molar refractivity (Wildman–Crippen MR) is 119 cm³/mol. The Labute approximate surface area is 197 Å². The number of amides is 2. The molecule has 33 heavy (non-hydrogen) atoms. The Kier molecular flexibility index (Phi) is 6.52. The quantitative estimate of drug-likeness (QED) is 0.177. The third-order valence-corrected chi connectivity index (χ3v) is 9.53. The Morgan fingerprint density at radius 3 is 2.61 bits per heavy atom. The molecule has 1 aliphatic carbocycles. The van der Waals surface area contributed by atoms with Gasteiger partial charge in [0.15, 0.2) is 0 Å². The van der Waals surface area contributed by atoms with Gasteiger partial charge in [-0.1, -0.05) is 33.1 Å². The van der Waals surface area contributed by atoms with Crippen molar-refractivity contribution < 1.29 is 33.8 Å². The van der Waals surface area contributed by atoms with Gasteiger partial charge >= 0.3 is 5.97 Å². The molecule has 9 nitrogen and oxygen atoms in total. The van der Waals surface area contributed by atoms with Crippen LogP contribution >= 0.6 is 11.8 Å². The van der Waals surface area contributed by atoms with Gasteiger partial charge in [-0.25, -0.2) is 4.79 Å². The van der Waals surface area contributed by atoms with Gasteiger partial charge in [-0.05, 0) is 25.2 Å². The average Bonchev–Trinajstić information content (AvgIpc) is 3.28. The van der Waals surface area contributed by atoms with Crippen molar-refractivity contribution in [1.29, 1.82) is 0 Å². The highest BCUT2D eigenvalue weighted by Crippen LogP contribution is 2.66. The molecule has 1 saturated carbocycles. The minimum absolute atomic E-state index is 0.0466. The summed E-state index contributed by atoms with van der Waals surface area (Å²) in [6.45, 7) is 5.87. The minimum Gasteiger partial charge on any atom is -0.430 e. The average molecular weight is 481 g/mol. The molecule has 4 rings (SSSR count). The molecule has 0 aromatic rings. The number of esters is 1. The van der Waals surface area contributed by atoms with E-state index in [1.165, 1.54) is 16.7 Å². The van der Waals surface area contributed by atoms with Gasteiger partial charge < -0.3 is 19.9 Å². The molecular weight excluding hydrogens is 448 g/mol. The van der Waals surface area contributed by atoms with E-state index in [1.807, 2.05) is 6.92 Å². The molecule has 5 atom stereocenters. The molecule has 3 heterocycles. The molecule has 0 radical (unpaired) electrons. The lowest BCUT2D eigenvalue weighted by Crippen LogP contribution is -2.77. The fraction of sp³-hybridized carbons (Fsp3) is 0.739. The molecule has 10 heteroatoms. The molecule has 3 fully saturated rings. The molecule has 0 spiro atoms. The van der Waals surface area contributed by atoms with Crippen LogP contribution in [-0.4, -0.2) is 65.0 Å². The first-order valence-electron chi connectivity index (χ1n) is 11.6. The Hall–Kier alpha value is -2.07. The van der Waals surface area contributed by atoms with Gasteiger partial charge in [-0.2, -0.15) is 0 Å². The van der Waals surface area contributed by atoms with Crippen molar-refractivity contribution in [1.82, 2.24) is 10.2 Å². The van der Waals surface area contributed by atoms with E-state index in [0.717, 1.165) is 32.1 Å². The highest BCUT2D eigenvalue weighted by molar-refractivity contribution is 8.03. The standard InChI is InChI=1S/C23H32N2O7S/c1-13-18(33-15-9-16(28)24-10-15)17(20(29)32-12-31-11-26)25-19(13)23(14(2)27,21(25)30)22(3)7-5-4-6-8-22/h11,13-15,19,27H,4-10,12H2,1-3H3,(H,24,28)/t13?,14?,15?,19-,23?/m0/s1. The number of thioether (sulfide) groups is 1. The zero-order valence-corrected chi connectivity index (χ0v) is 20.1. The number of aliphatic hydroxyl groups is 1. The molecule has 4 unspecified atom stereocenters. The molecular formula is C23H32N2O7S. The zero-order chi connectivity index (χ0) is 24.0. The van der Waals surface area contributed by atoms with E-state index in [4.69, 9.17) is 4.74 Å². The van der Waals surface area contributed by atoms with E-state index in [1.54, 1.807) is 6.92 Å². The molecule has 0 aromatic heterocycles. The number of nitrogens with one attached hydrogen (secondary N) is 1. The van der Waals surface area contributed by atoms with Crippen LogP contribution in [0.15, 0.2) is 10.6 Å². The maximum absolute atomic E-state index is 13.9. The minimum atomic E-state index is -0.996. The van der Waals surface area contributed by atoms with Crippen molar-refractivity contribution in [3.8, 4) is 0 Å². The normalized spacial score (nSPS) is 33.8. The largest absolute Gasteiger partial charge is 0.430 e. The first kappa shape index (κ1) is 24.1. The number of hydrogen-bond acceptors (Lipinski definition) is 8. The van der Waals surface area contributed by atoms with Crippen LogP contribution < -0.4 is 5.32 Å². The number of β-lactam (4-membered cyclic amide) rings is 1. The Morgan fingerprint density at radius 2 is 2.03 bits per heavy atom. The molecule has 4 aliphatic rings. The summed E-state index contributed by atoms with van der Waals surface area (Å²) >= 11 is 1.42. The fourth-order valence-electron chi connectivity index (χ4n) is 6.60. The van der Waals surface area contributed by atoms with Crippen LogP contribution in [0.5, 0.6) is 0 Å². The number of fused-ring (bicyclic) bond motifs is 1. The van der Waals surface area contributed by atoms with Gasteiger partial charge in [-0.15, -0.1) is 11.8 Å². The first-order valence-corrected chi connectivity index (χ1v) is 12.5. The smallest absolute Gasteiger partial charge is 0.358 e. The second kappa shape index (κ2) is 8.94. The summed E-state index contributed by atoms with van der Waals surface area (Å²) in [5.41, 5.74) is -1.23. The SMILES string of the molecule is CC1C(SC2CNC(=O)C2)=C(C(=O)OCOC=O)N2C(=O)C(C(C)O)(C3(C)CCCCC3)[C@H]12. The van der Waals surface area contributed by atoms with Crippen molar-refractivity contribution >= 4 is 36.0 Å². The molecule has 0 aromatic carbocycles. The maximum atomic E-state index is 13.9. The number of ether oxygens (including phenoxy) is 2. The van der Waals surface area contributed by atoms with Crippen LogP contribution in [0.1, 0.15) is 59.3 Å². The van der Waals surface area contributed by atoms with Crippen LogP contribution in [0.3, 0.4) is 0 Å². The summed E-state index contributed by atoms with van der Waals surface area (Å²) in [5, 5.41) is 13.8. The molecule has 2 N–H and O–H groups in total. The number of rotatable bonds is 8. The van der Waals surface area contributed by atoms with E-state index in [9.17, 15) is 24.3 Å². The summed E-state index contributed by atoms with van der Waals surface area (Å²) in [5.74, 6) is -1.26. The number of carbonyl (C=O) groups excluding carboxylic acids is 4. The van der Waals surface area contributed by atoms with Gasteiger partial charge in [-0.3, -0.25) is 19.3 Å². The predicted octanol–water partition coefficient (Wildman–Crippen LogP) is 1.69. The van der Waals surface area contributed by atoms with Gasteiger partial charge in [0.05, 0.1) is 12.1 Å². The Morgan fingerprint density at radius 1 is 1.33 bits per heavy atom. The van der Waals surface area contributed by atoms with Crippen LogP contribution in [0, 0.1) is 16.7 Å². The second-order valence-corrected chi connectivity index (χ2v) is 11.2. The van der Waals surface area contributed by atoms with Crippen LogP contribution in [-0.2, 0) is 28.7 Å². The first-order chi connectivity index (χ1) is 15.7. The van der Waals surface area contributed by atoms with Crippen LogP contribution in [0.4, 0.5) is 0 Å². The van der Waals surface area contributed by atoms with Gasteiger partial charge in [0.2, 0.25) is 18.6 Å². The maximum Gasteiger partial charge on any atom is 0.358 e. The number of aliphatic hydroxyl groups excluding tert-OH is 1. The van der Waals surface area contributed by atoms with E-state index >= 15 is 0 Å². The third kappa shape index (κ3) is 3.56. The third-order valence-electron chi connectivity index (χ3n) is 8.05. The molecule has 2 saturated heterocycles. The summed E-state index contributed by atoms with van der Waals surface area (Å²) in [6, 6.07) is -0.379. The van der Waals surface area contributed by atoms with Crippen molar-refractivity contribution in [3.05, 3.63) is 10.6 Å². The number of hydrogen-bond donors (Lipinski definition) is 2. The molecule has 182 valence electrons. The summed E-state index contributed by atoms with van der Waals surface area (Å²) < 4.78 is 9.65. The lowest BCUT2D eigenvalue weighted by atomic mass is 9.47. The lowest BCUT2D eigenvalue weighted by Gasteiger charge is -2.64. The molecule has 0 bridgehead atoms. The monoisotopic (exact) mass is 480 g/mol. The molecule has 3 aliphatic heterocycles. The van der Waals surface area contributed by atoms with E-state index in [0.29, 0.717) is 17.9 Å². The van der Waals surface area contributed by atoms with Crippen molar-refractivity contribution in [2.75, 3.05) is 13.3 Å². The fourth-order valence-corrected chi connectivity index (χ4v) is 8.00. The van der Waals surface area contributed by atoms with Crippen molar-refractivity contribution in [2.45, 2.75) is 76.7 Å². The Bertz CT molecular complexity index is 882.